The highest BCUT2D eigenvalue weighted by Crippen LogP contribution is 2.37. The van der Waals surface area contributed by atoms with Crippen LogP contribution in [0.3, 0.4) is 0 Å². The number of benzene rings is 3. The maximum atomic E-state index is 12.7. The number of carbonyl (C=O) groups excluding carboxylic acids is 2. The average molecular weight is 418 g/mol. The fourth-order valence-electron chi connectivity index (χ4n) is 3.41. The summed E-state index contributed by atoms with van der Waals surface area (Å²) in [7, 11) is 1.38. The molecule has 2 amide bonds. The molecule has 3 N–H and O–H groups in total. The quantitative estimate of drug-likeness (QED) is 0.422. The highest BCUT2D eigenvalue weighted by molar-refractivity contribution is 6.13. The largest absolute Gasteiger partial charge is 0.490 e. The molecular weight excluding hydrogens is 400 g/mol. The summed E-state index contributed by atoms with van der Waals surface area (Å²) in [6.07, 6.45) is 0. The third-order valence-corrected chi connectivity index (χ3v) is 4.83. The molecule has 0 aromatic heterocycles. The van der Waals surface area contributed by atoms with Crippen molar-refractivity contribution in [3.8, 4) is 16.9 Å². The zero-order chi connectivity index (χ0) is 22.1. The van der Waals surface area contributed by atoms with E-state index in [1.807, 2.05) is 0 Å². The lowest BCUT2D eigenvalue weighted by Gasteiger charge is -2.12. The van der Waals surface area contributed by atoms with Gasteiger partial charge in [-0.25, -0.2) is 0 Å². The third kappa shape index (κ3) is 3.88. The van der Waals surface area contributed by atoms with Gasteiger partial charge in [-0.1, -0.05) is 6.07 Å². The van der Waals surface area contributed by atoms with Crippen molar-refractivity contribution in [2.24, 2.45) is 0 Å². The molecule has 1 aliphatic rings. The Hall–Kier alpha value is -4.40. The van der Waals surface area contributed by atoms with Crippen molar-refractivity contribution >= 4 is 40.3 Å². The minimum absolute atomic E-state index is 0.123. The molecule has 31 heavy (non-hydrogen) atoms. The minimum Gasteiger partial charge on any atom is -0.490 e. The van der Waals surface area contributed by atoms with E-state index in [9.17, 15) is 19.7 Å². The molecule has 0 bridgehead atoms. The Balaban J connectivity index is 1.73. The molecule has 0 aliphatic carbocycles. The molecule has 4 rings (SSSR count). The number of nitrogens with one attached hydrogen (secondary N) is 3. The van der Waals surface area contributed by atoms with Gasteiger partial charge < -0.3 is 20.7 Å². The van der Waals surface area contributed by atoms with E-state index in [0.717, 1.165) is 5.56 Å². The number of nitrogens with zero attached hydrogens (tertiary/aromatic N) is 1. The zero-order valence-corrected chi connectivity index (χ0v) is 16.7. The van der Waals surface area contributed by atoms with Gasteiger partial charge in [-0.05, 0) is 53.6 Å². The number of anilines is 4. The number of carbonyl (C=O) groups is 2. The molecule has 1 heterocycles. The van der Waals surface area contributed by atoms with Crippen LogP contribution in [0.15, 0.2) is 54.6 Å². The molecule has 3 aromatic rings. The predicted octanol–water partition coefficient (Wildman–Crippen LogP) is 4.54. The van der Waals surface area contributed by atoms with Gasteiger partial charge in [-0.2, -0.15) is 0 Å². The smallest absolute Gasteiger partial charge is 0.310 e. The van der Waals surface area contributed by atoms with Gasteiger partial charge in [-0.3, -0.25) is 19.7 Å². The first-order chi connectivity index (χ1) is 14.9. The van der Waals surface area contributed by atoms with E-state index in [4.69, 9.17) is 4.74 Å². The molecule has 9 heteroatoms. The summed E-state index contributed by atoms with van der Waals surface area (Å²) in [4.78, 5) is 34.7. The van der Waals surface area contributed by atoms with E-state index in [1.54, 1.807) is 48.5 Å². The Kier molecular flexibility index (Phi) is 5.00. The summed E-state index contributed by atoms with van der Waals surface area (Å²) in [5, 5.41) is 19.9. The standard InChI is InChI=1S/C22H18N4O5/c1-12(27)23-15-5-7-17-19(11-15)25-22(28)16-6-3-13(9-18(16)24-17)14-4-8-20(26(29)30)21(10-14)31-2/h3-11,24H,1-2H3,(H,23,27)(H,25,28). The van der Waals surface area contributed by atoms with Crippen molar-refractivity contribution in [3.05, 3.63) is 70.3 Å². The summed E-state index contributed by atoms with van der Waals surface area (Å²) in [6.45, 7) is 1.41. The fraction of sp³-hybridized carbons (Fsp3) is 0.0909. The van der Waals surface area contributed by atoms with Crippen molar-refractivity contribution in [1.29, 1.82) is 0 Å². The van der Waals surface area contributed by atoms with Crippen molar-refractivity contribution < 1.29 is 19.2 Å². The number of amides is 2. The van der Waals surface area contributed by atoms with Crippen molar-refractivity contribution in [1.82, 2.24) is 0 Å². The first-order valence-corrected chi connectivity index (χ1v) is 9.32. The van der Waals surface area contributed by atoms with Crippen LogP contribution in [0.25, 0.3) is 11.1 Å². The first-order valence-electron chi connectivity index (χ1n) is 9.32. The molecule has 0 saturated heterocycles. The molecule has 0 radical (unpaired) electrons. The Morgan fingerprint density at radius 3 is 2.42 bits per heavy atom. The Morgan fingerprint density at radius 1 is 0.968 bits per heavy atom. The Labute approximate surface area is 177 Å². The lowest BCUT2D eigenvalue weighted by Crippen LogP contribution is -2.11. The van der Waals surface area contributed by atoms with Gasteiger partial charge in [-0.15, -0.1) is 0 Å². The second-order valence-electron chi connectivity index (χ2n) is 6.92. The van der Waals surface area contributed by atoms with Gasteiger partial charge in [0, 0.05) is 18.7 Å². The van der Waals surface area contributed by atoms with Crippen LogP contribution in [0, 0.1) is 10.1 Å². The number of hydrogen-bond acceptors (Lipinski definition) is 6. The molecule has 0 saturated carbocycles. The molecule has 0 unspecified atom stereocenters. The predicted molar refractivity (Wildman–Crippen MR) is 117 cm³/mol. The van der Waals surface area contributed by atoms with Gasteiger partial charge in [0.2, 0.25) is 5.91 Å². The first kappa shape index (κ1) is 19.9. The monoisotopic (exact) mass is 418 g/mol. The van der Waals surface area contributed by atoms with Crippen LogP contribution in [-0.4, -0.2) is 23.8 Å². The fourth-order valence-corrected chi connectivity index (χ4v) is 3.41. The average Bonchev–Trinajstić information content (AvgIpc) is 2.87. The topological polar surface area (TPSA) is 123 Å². The summed E-state index contributed by atoms with van der Waals surface area (Å²) < 4.78 is 5.15. The second kappa shape index (κ2) is 7.79. The third-order valence-electron chi connectivity index (χ3n) is 4.83. The summed E-state index contributed by atoms with van der Waals surface area (Å²) in [5.74, 6) is -0.354. The maximum Gasteiger partial charge on any atom is 0.310 e. The number of methoxy groups -OCH3 is 1. The number of nitro groups is 1. The van der Waals surface area contributed by atoms with Gasteiger partial charge in [0.05, 0.1) is 34.7 Å². The number of nitro benzene ring substituents is 1. The van der Waals surface area contributed by atoms with Gasteiger partial charge in [0.25, 0.3) is 5.91 Å². The maximum absolute atomic E-state index is 12.7. The van der Waals surface area contributed by atoms with E-state index in [1.165, 1.54) is 20.1 Å². The van der Waals surface area contributed by atoms with Gasteiger partial charge >= 0.3 is 5.69 Å². The lowest BCUT2D eigenvalue weighted by atomic mass is 10.0. The number of fused-ring (bicyclic) bond motifs is 2. The molecule has 156 valence electrons. The van der Waals surface area contributed by atoms with Crippen LogP contribution in [-0.2, 0) is 4.79 Å². The summed E-state index contributed by atoms with van der Waals surface area (Å²) in [5.41, 5.74) is 4.13. The van der Waals surface area contributed by atoms with Crippen molar-refractivity contribution in [2.45, 2.75) is 6.92 Å². The molecule has 3 aromatic carbocycles. The second-order valence-corrected chi connectivity index (χ2v) is 6.92. The minimum atomic E-state index is -0.502. The van der Waals surface area contributed by atoms with Crippen LogP contribution < -0.4 is 20.7 Å². The van der Waals surface area contributed by atoms with E-state index in [0.29, 0.717) is 33.9 Å². The number of hydrogen-bond donors (Lipinski definition) is 3. The Morgan fingerprint density at radius 2 is 1.71 bits per heavy atom. The van der Waals surface area contributed by atoms with Crippen LogP contribution in [0.1, 0.15) is 17.3 Å². The number of ether oxygens (including phenoxy) is 1. The van der Waals surface area contributed by atoms with Crippen LogP contribution in [0.5, 0.6) is 5.75 Å². The lowest BCUT2D eigenvalue weighted by molar-refractivity contribution is -0.385. The van der Waals surface area contributed by atoms with E-state index >= 15 is 0 Å². The molecule has 1 aliphatic heterocycles. The van der Waals surface area contributed by atoms with Crippen LogP contribution >= 0.6 is 0 Å². The normalized spacial score (nSPS) is 11.9. The molecule has 0 atom stereocenters. The number of rotatable bonds is 4. The van der Waals surface area contributed by atoms with E-state index in [2.05, 4.69) is 16.0 Å². The Bertz CT molecular complexity index is 1240. The van der Waals surface area contributed by atoms with Crippen molar-refractivity contribution in [3.63, 3.8) is 0 Å². The van der Waals surface area contributed by atoms with Crippen molar-refractivity contribution in [2.75, 3.05) is 23.1 Å². The zero-order valence-electron chi connectivity index (χ0n) is 16.7. The van der Waals surface area contributed by atoms with E-state index in [-0.39, 0.29) is 23.3 Å². The highest BCUT2D eigenvalue weighted by Gasteiger charge is 2.21. The summed E-state index contributed by atoms with van der Waals surface area (Å²) in [6, 6.07) is 15.0. The van der Waals surface area contributed by atoms with Crippen LogP contribution in [0.2, 0.25) is 0 Å². The molecular formula is C22H18N4O5. The van der Waals surface area contributed by atoms with Gasteiger partial charge in [0.1, 0.15) is 0 Å². The highest BCUT2D eigenvalue weighted by atomic mass is 16.6. The van der Waals surface area contributed by atoms with Crippen LogP contribution in [0.4, 0.5) is 28.4 Å². The SMILES string of the molecule is COc1cc(-c2ccc3c(c2)Nc2ccc(NC(C)=O)cc2NC3=O)ccc1[N+](=O)[O-]. The molecule has 0 fully saturated rings. The molecule has 0 spiro atoms. The van der Waals surface area contributed by atoms with E-state index < -0.39 is 4.92 Å². The molecule has 9 nitrogen and oxygen atoms in total. The summed E-state index contributed by atoms with van der Waals surface area (Å²) >= 11 is 0. The van der Waals surface area contributed by atoms with Gasteiger partial charge in [0.15, 0.2) is 5.75 Å².